The van der Waals surface area contributed by atoms with E-state index in [0.717, 1.165) is 12.3 Å². The van der Waals surface area contributed by atoms with Crippen LogP contribution in [-0.4, -0.2) is 23.8 Å². The summed E-state index contributed by atoms with van der Waals surface area (Å²) >= 11 is 0. The Morgan fingerprint density at radius 2 is 2.25 bits per heavy atom. The van der Waals surface area contributed by atoms with Crippen LogP contribution in [0.1, 0.15) is 39.5 Å². The SMILES string of the molecule is CC[C@H](CO)N[C@@H]1CC[C@H](C)C1. The van der Waals surface area contributed by atoms with Gasteiger partial charge >= 0.3 is 0 Å². The van der Waals surface area contributed by atoms with Crippen LogP contribution < -0.4 is 5.32 Å². The number of aliphatic hydroxyl groups is 1. The molecule has 0 amide bonds. The van der Waals surface area contributed by atoms with Gasteiger partial charge in [0.2, 0.25) is 0 Å². The van der Waals surface area contributed by atoms with Crippen LogP contribution in [0.2, 0.25) is 0 Å². The summed E-state index contributed by atoms with van der Waals surface area (Å²) in [6, 6.07) is 0.984. The largest absolute Gasteiger partial charge is 0.395 e. The minimum absolute atomic E-state index is 0.279. The van der Waals surface area contributed by atoms with Crippen LogP contribution in [0.15, 0.2) is 0 Å². The molecule has 3 atom stereocenters. The molecule has 2 nitrogen and oxygen atoms in total. The molecule has 0 unspecified atom stereocenters. The second-order valence-corrected chi connectivity index (χ2v) is 4.07. The standard InChI is InChI=1S/C10H21NO/c1-3-9(7-12)11-10-5-4-8(2)6-10/h8-12H,3-7H2,1-2H3/t8-,9+,10+/m0/s1. The van der Waals surface area contributed by atoms with Gasteiger partial charge in [-0.2, -0.15) is 0 Å². The Morgan fingerprint density at radius 3 is 2.67 bits per heavy atom. The molecule has 0 bridgehead atoms. The van der Waals surface area contributed by atoms with E-state index in [4.69, 9.17) is 5.11 Å². The first-order valence-corrected chi connectivity index (χ1v) is 5.13. The van der Waals surface area contributed by atoms with Gasteiger partial charge in [-0.3, -0.25) is 0 Å². The van der Waals surface area contributed by atoms with Crippen LogP contribution in [0.25, 0.3) is 0 Å². The molecule has 0 aliphatic heterocycles. The van der Waals surface area contributed by atoms with Gasteiger partial charge in [0, 0.05) is 12.1 Å². The van der Waals surface area contributed by atoms with E-state index in [1.807, 2.05) is 0 Å². The van der Waals surface area contributed by atoms with Gasteiger partial charge < -0.3 is 10.4 Å². The van der Waals surface area contributed by atoms with Gasteiger partial charge in [0.15, 0.2) is 0 Å². The van der Waals surface area contributed by atoms with Crippen molar-refractivity contribution in [2.24, 2.45) is 5.92 Å². The van der Waals surface area contributed by atoms with Crippen molar-refractivity contribution in [1.29, 1.82) is 0 Å². The average Bonchev–Trinajstić information content (AvgIpc) is 2.47. The summed E-state index contributed by atoms with van der Waals surface area (Å²) in [5.74, 6) is 0.874. The molecule has 72 valence electrons. The summed E-state index contributed by atoms with van der Waals surface area (Å²) in [7, 11) is 0. The fraction of sp³-hybridized carbons (Fsp3) is 1.00. The van der Waals surface area contributed by atoms with Crippen LogP contribution in [-0.2, 0) is 0 Å². The Hall–Kier alpha value is -0.0800. The van der Waals surface area contributed by atoms with E-state index < -0.39 is 0 Å². The van der Waals surface area contributed by atoms with Crippen molar-refractivity contribution in [3.8, 4) is 0 Å². The monoisotopic (exact) mass is 171 g/mol. The van der Waals surface area contributed by atoms with Crippen molar-refractivity contribution < 1.29 is 5.11 Å². The van der Waals surface area contributed by atoms with Crippen molar-refractivity contribution in [2.45, 2.75) is 51.6 Å². The molecule has 1 rings (SSSR count). The van der Waals surface area contributed by atoms with Crippen molar-refractivity contribution in [2.75, 3.05) is 6.61 Å². The Morgan fingerprint density at radius 1 is 1.50 bits per heavy atom. The molecule has 0 spiro atoms. The fourth-order valence-electron chi connectivity index (χ4n) is 1.99. The lowest BCUT2D eigenvalue weighted by atomic mass is 10.1. The maximum absolute atomic E-state index is 8.99. The lowest BCUT2D eigenvalue weighted by Crippen LogP contribution is -2.38. The van der Waals surface area contributed by atoms with Crippen LogP contribution in [0.3, 0.4) is 0 Å². The Kier molecular flexibility index (Phi) is 4.02. The third-order valence-corrected chi connectivity index (χ3v) is 2.88. The second kappa shape index (κ2) is 4.83. The van der Waals surface area contributed by atoms with Crippen LogP contribution in [0.5, 0.6) is 0 Å². The minimum Gasteiger partial charge on any atom is -0.395 e. The van der Waals surface area contributed by atoms with E-state index in [1.54, 1.807) is 0 Å². The number of hydrogen-bond acceptors (Lipinski definition) is 2. The smallest absolute Gasteiger partial charge is 0.0584 e. The highest BCUT2D eigenvalue weighted by molar-refractivity contribution is 4.81. The first-order valence-electron chi connectivity index (χ1n) is 5.13. The van der Waals surface area contributed by atoms with E-state index in [9.17, 15) is 0 Å². The van der Waals surface area contributed by atoms with E-state index in [1.165, 1.54) is 19.3 Å². The molecule has 0 aromatic carbocycles. The number of nitrogens with one attached hydrogen (secondary N) is 1. The highest BCUT2D eigenvalue weighted by atomic mass is 16.3. The third-order valence-electron chi connectivity index (χ3n) is 2.88. The maximum Gasteiger partial charge on any atom is 0.0584 e. The van der Waals surface area contributed by atoms with Gasteiger partial charge in [0.25, 0.3) is 0 Å². The summed E-state index contributed by atoms with van der Waals surface area (Å²) in [4.78, 5) is 0. The molecule has 12 heavy (non-hydrogen) atoms. The predicted octanol–water partition coefficient (Wildman–Crippen LogP) is 1.54. The molecule has 1 aliphatic rings. The molecule has 0 aromatic rings. The van der Waals surface area contributed by atoms with Crippen molar-refractivity contribution in [1.82, 2.24) is 5.32 Å². The Bertz CT molecular complexity index is 123. The number of aliphatic hydroxyl groups excluding tert-OH is 1. The second-order valence-electron chi connectivity index (χ2n) is 4.07. The maximum atomic E-state index is 8.99. The molecule has 1 saturated carbocycles. The van der Waals surface area contributed by atoms with E-state index in [0.29, 0.717) is 12.1 Å². The Labute approximate surface area is 75.4 Å². The molecule has 0 heterocycles. The molecule has 0 aromatic heterocycles. The molecule has 1 aliphatic carbocycles. The summed E-state index contributed by atoms with van der Waals surface area (Å²) in [5, 5.41) is 12.5. The predicted molar refractivity (Wildman–Crippen MR) is 51.1 cm³/mol. The zero-order chi connectivity index (χ0) is 8.97. The third kappa shape index (κ3) is 2.76. The van der Waals surface area contributed by atoms with Crippen molar-refractivity contribution >= 4 is 0 Å². The van der Waals surface area contributed by atoms with Gasteiger partial charge in [-0.05, 0) is 31.6 Å². The quantitative estimate of drug-likeness (QED) is 0.672. The van der Waals surface area contributed by atoms with Crippen LogP contribution >= 0.6 is 0 Å². The van der Waals surface area contributed by atoms with Crippen LogP contribution in [0, 0.1) is 5.92 Å². The van der Waals surface area contributed by atoms with Gasteiger partial charge in [-0.15, -0.1) is 0 Å². The molecule has 0 radical (unpaired) electrons. The summed E-state index contributed by atoms with van der Waals surface area (Å²) in [5.41, 5.74) is 0. The minimum atomic E-state index is 0.279. The molecule has 2 heteroatoms. The lowest BCUT2D eigenvalue weighted by molar-refractivity contribution is 0.227. The molecule has 2 N–H and O–H groups in total. The summed E-state index contributed by atoms with van der Waals surface area (Å²) in [6.07, 6.45) is 4.95. The Balaban J connectivity index is 2.21. The first-order chi connectivity index (χ1) is 5.76. The van der Waals surface area contributed by atoms with Gasteiger partial charge in [0.1, 0.15) is 0 Å². The lowest BCUT2D eigenvalue weighted by Gasteiger charge is -2.19. The molecule has 0 saturated heterocycles. The highest BCUT2D eigenvalue weighted by Gasteiger charge is 2.22. The fourth-order valence-corrected chi connectivity index (χ4v) is 1.99. The van der Waals surface area contributed by atoms with Crippen LogP contribution in [0.4, 0.5) is 0 Å². The topological polar surface area (TPSA) is 32.3 Å². The highest BCUT2D eigenvalue weighted by Crippen LogP contribution is 2.24. The summed E-state index contributed by atoms with van der Waals surface area (Å²) < 4.78 is 0. The average molecular weight is 171 g/mol. The van der Waals surface area contributed by atoms with Gasteiger partial charge in [0.05, 0.1) is 6.61 Å². The van der Waals surface area contributed by atoms with Gasteiger partial charge in [-0.1, -0.05) is 13.8 Å². The molecular formula is C10H21NO. The zero-order valence-corrected chi connectivity index (χ0v) is 8.21. The first kappa shape index (κ1) is 10.0. The van der Waals surface area contributed by atoms with Gasteiger partial charge in [-0.25, -0.2) is 0 Å². The molecular weight excluding hydrogens is 150 g/mol. The molecule has 1 fully saturated rings. The number of rotatable bonds is 4. The zero-order valence-electron chi connectivity index (χ0n) is 8.21. The van der Waals surface area contributed by atoms with E-state index in [-0.39, 0.29) is 6.61 Å². The van der Waals surface area contributed by atoms with E-state index >= 15 is 0 Å². The normalized spacial score (nSPS) is 32.2. The number of hydrogen-bond donors (Lipinski definition) is 2. The van der Waals surface area contributed by atoms with E-state index in [2.05, 4.69) is 19.2 Å². The van der Waals surface area contributed by atoms with Crippen molar-refractivity contribution in [3.63, 3.8) is 0 Å². The summed E-state index contributed by atoms with van der Waals surface area (Å²) in [6.45, 7) is 4.70. The van der Waals surface area contributed by atoms with Crippen molar-refractivity contribution in [3.05, 3.63) is 0 Å².